The molecule has 0 spiro atoms. The molecule has 0 fully saturated rings. The van der Waals surface area contributed by atoms with E-state index in [2.05, 4.69) is 10.6 Å². The van der Waals surface area contributed by atoms with Crippen LogP contribution in [0.5, 0.6) is 0 Å². The van der Waals surface area contributed by atoms with Crippen molar-refractivity contribution in [3.8, 4) is 0 Å². The number of nitrogens with two attached hydrogens (primary N) is 1. The summed E-state index contributed by atoms with van der Waals surface area (Å²) in [4.78, 5) is 23.7. The molecule has 1 aromatic rings. The van der Waals surface area contributed by atoms with Crippen molar-refractivity contribution in [3.05, 3.63) is 24.3 Å². The molecule has 0 aliphatic carbocycles. The SMILES string of the molecule is CCCCNC(=O)NC(=O)CSc1cccc(N)c1. The van der Waals surface area contributed by atoms with Gasteiger partial charge < -0.3 is 11.1 Å². The third kappa shape index (κ3) is 6.71. The summed E-state index contributed by atoms with van der Waals surface area (Å²) in [5.41, 5.74) is 6.29. The summed E-state index contributed by atoms with van der Waals surface area (Å²) >= 11 is 1.34. The summed E-state index contributed by atoms with van der Waals surface area (Å²) in [6.07, 6.45) is 1.90. The third-order valence-corrected chi connectivity index (χ3v) is 3.29. The number of hydrogen-bond acceptors (Lipinski definition) is 4. The normalized spacial score (nSPS) is 9.95. The molecule has 0 aromatic heterocycles. The molecular weight excluding hydrogens is 262 g/mol. The second kappa shape index (κ2) is 8.42. The van der Waals surface area contributed by atoms with Gasteiger partial charge in [-0.05, 0) is 24.6 Å². The fourth-order valence-electron chi connectivity index (χ4n) is 1.34. The molecule has 104 valence electrons. The molecule has 19 heavy (non-hydrogen) atoms. The number of benzene rings is 1. The van der Waals surface area contributed by atoms with Gasteiger partial charge in [0.25, 0.3) is 0 Å². The molecule has 6 heteroatoms. The van der Waals surface area contributed by atoms with E-state index in [4.69, 9.17) is 5.73 Å². The van der Waals surface area contributed by atoms with Crippen LogP contribution in [0.2, 0.25) is 0 Å². The number of anilines is 1. The first-order valence-corrected chi connectivity index (χ1v) is 7.16. The summed E-state index contributed by atoms with van der Waals surface area (Å²) in [5, 5.41) is 4.90. The molecule has 1 rings (SSSR count). The van der Waals surface area contributed by atoms with E-state index >= 15 is 0 Å². The van der Waals surface area contributed by atoms with Crippen molar-refractivity contribution in [2.24, 2.45) is 0 Å². The van der Waals surface area contributed by atoms with Crippen LogP contribution in [0.3, 0.4) is 0 Å². The zero-order valence-electron chi connectivity index (χ0n) is 10.9. The predicted molar refractivity (Wildman–Crippen MR) is 78.0 cm³/mol. The molecule has 0 saturated carbocycles. The first-order valence-electron chi connectivity index (χ1n) is 6.18. The van der Waals surface area contributed by atoms with E-state index in [9.17, 15) is 9.59 Å². The van der Waals surface area contributed by atoms with Crippen LogP contribution in [0, 0.1) is 0 Å². The maximum atomic E-state index is 11.5. The Kier molecular flexibility index (Phi) is 6.81. The van der Waals surface area contributed by atoms with E-state index in [1.54, 1.807) is 12.1 Å². The highest BCUT2D eigenvalue weighted by atomic mass is 32.2. The number of carbonyl (C=O) groups is 2. The van der Waals surface area contributed by atoms with Gasteiger partial charge in [0.2, 0.25) is 5.91 Å². The van der Waals surface area contributed by atoms with E-state index in [-0.39, 0.29) is 11.7 Å². The smallest absolute Gasteiger partial charge is 0.321 e. The number of hydrogen-bond donors (Lipinski definition) is 3. The van der Waals surface area contributed by atoms with Crippen molar-refractivity contribution in [2.75, 3.05) is 18.0 Å². The van der Waals surface area contributed by atoms with E-state index < -0.39 is 6.03 Å². The number of urea groups is 1. The summed E-state index contributed by atoms with van der Waals surface area (Å²) in [7, 11) is 0. The Balaban J connectivity index is 2.26. The monoisotopic (exact) mass is 281 g/mol. The lowest BCUT2D eigenvalue weighted by atomic mass is 10.3. The molecule has 0 radical (unpaired) electrons. The Hall–Kier alpha value is -1.69. The maximum Gasteiger partial charge on any atom is 0.321 e. The second-order valence-corrected chi connectivity index (χ2v) is 5.07. The molecular formula is C13H19N3O2S. The number of unbranched alkanes of at least 4 members (excludes halogenated alkanes) is 1. The van der Waals surface area contributed by atoms with E-state index in [0.29, 0.717) is 12.2 Å². The third-order valence-electron chi connectivity index (χ3n) is 2.30. The molecule has 4 N–H and O–H groups in total. The van der Waals surface area contributed by atoms with Crippen molar-refractivity contribution < 1.29 is 9.59 Å². The largest absolute Gasteiger partial charge is 0.399 e. The summed E-state index contributed by atoms with van der Waals surface area (Å²) in [5.74, 6) is -0.133. The number of nitrogen functional groups attached to an aromatic ring is 1. The van der Waals surface area contributed by atoms with Gasteiger partial charge in [-0.25, -0.2) is 4.79 Å². The van der Waals surface area contributed by atoms with Crippen molar-refractivity contribution in [2.45, 2.75) is 24.7 Å². The van der Waals surface area contributed by atoms with Crippen molar-refractivity contribution >= 4 is 29.4 Å². The zero-order valence-corrected chi connectivity index (χ0v) is 11.8. The van der Waals surface area contributed by atoms with Crippen LogP contribution in [-0.2, 0) is 4.79 Å². The topological polar surface area (TPSA) is 84.2 Å². The number of carbonyl (C=O) groups excluding carboxylic acids is 2. The molecule has 0 heterocycles. The highest BCUT2D eigenvalue weighted by Crippen LogP contribution is 2.19. The van der Waals surface area contributed by atoms with Crippen LogP contribution in [0.1, 0.15) is 19.8 Å². The number of rotatable bonds is 6. The summed E-state index contributed by atoms with van der Waals surface area (Å²) < 4.78 is 0. The predicted octanol–water partition coefficient (Wildman–Crippen LogP) is 1.99. The lowest BCUT2D eigenvalue weighted by Crippen LogP contribution is -2.40. The number of imide groups is 1. The van der Waals surface area contributed by atoms with Gasteiger partial charge in [0.05, 0.1) is 5.75 Å². The second-order valence-electron chi connectivity index (χ2n) is 4.02. The van der Waals surface area contributed by atoms with E-state index in [0.717, 1.165) is 17.7 Å². The summed E-state index contributed by atoms with van der Waals surface area (Å²) in [6, 6.07) is 6.83. The standard InChI is InChI=1S/C13H19N3O2S/c1-2-3-7-15-13(18)16-12(17)9-19-11-6-4-5-10(14)8-11/h4-6,8H,2-3,7,9,14H2,1H3,(H2,15,16,17,18). The van der Waals surface area contributed by atoms with Crippen LogP contribution < -0.4 is 16.4 Å². The number of nitrogens with one attached hydrogen (secondary N) is 2. The minimum atomic E-state index is -0.438. The highest BCUT2D eigenvalue weighted by Gasteiger charge is 2.07. The van der Waals surface area contributed by atoms with Crippen LogP contribution in [0.15, 0.2) is 29.2 Å². The molecule has 1 aromatic carbocycles. The van der Waals surface area contributed by atoms with Gasteiger partial charge >= 0.3 is 6.03 Å². The molecule has 0 aliphatic rings. The van der Waals surface area contributed by atoms with Crippen molar-refractivity contribution in [1.29, 1.82) is 0 Å². The van der Waals surface area contributed by atoms with Gasteiger partial charge in [-0.1, -0.05) is 19.4 Å². The Morgan fingerprint density at radius 3 is 2.84 bits per heavy atom. The van der Waals surface area contributed by atoms with Gasteiger partial charge in [-0.3, -0.25) is 10.1 Å². The van der Waals surface area contributed by atoms with Gasteiger partial charge in [-0.2, -0.15) is 0 Å². The Bertz CT molecular complexity index is 438. The maximum absolute atomic E-state index is 11.5. The van der Waals surface area contributed by atoms with Crippen molar-refractivity contribution in [1.82, 2.24) is 10.6 Å². The van der Waals surface area contributed by atoms with E-state index in [1.807, 2.05) is 19.1 Å². The molecule has 0 saturated heterocycles. The van der Waals surface area contributed by atoms with Crippen LogP contribution in [-0.4, -0.2) is 24.2 Å². The van der Waals surface area contributed by atoms with Gasteiger partial charge in [0, 0.05) is 17.1 Å². The molecule has 0 atom stereocenters. The fourth-order valence-corrected chi connectivity index (χ4v) is 2.10. The minimum absolute atomic E-state index is 0.185. The van der Waals surface area contributed by atoms with Crippen LogP contribution in [0.25, 0.3) is 0 Å². The quantitative estimate of drug-likeness (QED) is 0.423. The lowest BCUT2D eigenvalue weighted by Gasteiger charge is -2.06. The fraction of sp³-hybridized carbons (Fsp3) is 0.385. The van der Waals surface area contributed by atoms with Crippen LogP contribution >= 0.6 is 11.8 Å². The Labute approximate surface area is 117 Å². The average molecular weight is 281 g/mol. The lowest BCUT2D eigenvalue weighted by molar-refractivity contribution is -0.117. The first kappa shape index (κ1) is 15.4. The van der Waals surface area contributed by atoms with Gasteiger partial charge in [0.15, 0.2) is 0 Å². The Morgan fingerprint density at radius 2 is 2.16 bits per heavy atom. The minimum Gasteiger partial charge on any atom is -0.399 e. The molecule has 0 bridgehead atoms. The molecule has 0 unspecified atom stereocenters. The molecule has 3 amide bonds. The van der Waals surface area contributed by atoms with Gasteiger partial charge in [-0.15, -0.1) is 11.8 Å². The van der Waals surface area contributed by atoms with Gasteiger partial charge in [0.1, 0.15) is 0 Å². The van der Waals surface area contributed by atoms with E-state index in [1.165, 1.54) is 11.8 Å². The molecule has 0 aliphatic heterocycles. The Morgan fingerprint density at radius 1 is 1.37 bits per heavy atom. The zero-order chi connectivity index (χ0) is 14.1. The number of amides is 3. The highest BCUT2D eigenvalue weighted by molar-refractivity contribution is 8.00. The first-order chi connectivity index (χ1) is 9.11. The van der Waals surface area contributed by atoms with Crippen molar-refractivity contribution in [3.63, 3.8) is 0 Å². The number of thioether (sulfide) groups is 1. The molecule has 5 nitrogen and oxygen atoms in total. The van der Waals surface area contributed by atoms with Crippen LogP contribution in [0.4, 0.5) is 10.5 Å². The average Bonchev–Trinajstić information content (AvgIpc) is 2.37. The summed E-state index contributed by atoms with van der Waals surface area (Å²) in [6.45, 7) is 2.62.